The van der Waals surface area contributed by atoms with Crippen LogP contribution in [0.4, 0.5) is 17.6 Å². The number of ketones is 1. The van der Waals surface area contributed by atoms with Gasteiger partial charge >= 0.3 is 0 Å². The lowest BCUT2D eigenvalue weighted by Crippen LogP contribution is -2.12. The van der Waals surface area contributed by atoms with Crippen molar-refractivity contribution < 1.29 is 22.4 Å². The van der Waals surface area contributed by atoms with Gasteiger partial charge in [-0.05, 0) is 0 Å². The van der Waals surface area contributed by atoms with Gasteiger partial charge in [0.2, 0.25) is 0 Å². The van der Waals surface area contributed by atoms with E-state index >= 15 is 0 Å². The van der Waals surface area contributed by atoms with Gasteiger partial charge in [-0.1, -0.05) is 30.3 Å². The Hall–Kier alpha value is -2.24. The van der Waals surface area contributed by atoms with Crippen molar-refractivity contribution in [2.75, 3.05) is 0 Å². The summed E-state index contributed by atoms with van der Waals surface area (Å²) in [5.74, 6) is -7.49. The molecule has 0 aliphatic rings. The highest BCUT2D eigenvalue weighted by Gasteiger charge is 2.22. The molecule has 19 heavy (non-hydrogen) atoms. The van der Waals surface area contributed by atoms with E-state index in [1.54, 1.807) is 18.2 Å². The summed E-state index contributed by atoms with van der Waals surface area (Å²) in [6.07, 6.45) is -0.780. The minimum atomic E-state index is -1.77. The third-order valence-electron chi connectivity index (χ3n) is 2.52. The number of nitrogens with zero attached hydrogens (tertiary/aromatic N) is 1. The third-order valence-corrected chi connectivity index (χ3v) is 2.52. The minimum Gasteiger partial charge on any atom is -0.294 e. The predicted molar refractivity (Wildman–Crippen MR) is 58.5 cm³/mol. The number of rotatable bonds is 3. The molecule has 0 fully saturated rings. The number of Topliss-reactive ketones (excluding diaryl/α,β-unsaturated/α-hetero) is 1. The van der Waals surface area contributed by atoms with Crippen LogP contribution in [0, 0.1) is 23.5 Å². The molecule has 0 aliphatic carbocycles. The van der Waals surface area contributed by atoms with E-state index in [4.69, 9.17) is 0 Å². The van der Waals surface area contributed by atoms with E-state index in [9.17, 15) is 22.4 Å². The molecule has 1 heterocycles. The Morgan fingerprint density at radius 2 is 1.47 bits per heavy atom. The summed E-state index contributed by atoms with van der Waals surface area (Å²) < 4.78 is 52.4. The molecule has 0 amide bonds. The topological polar surface area (TPSA) is 30.0 Å². The lowest BCUT2D eigenvalue weighted by Gasteiger charge is -2.05. The maximum absolute atomic E-state index is 13.3. The summed E-state index contributed by atoms with van der Waals surface area (Å²) >= 11 is 0. The van der Waals surface area contributed by atoms with E-state index in [-0.39, 0.29) is 5.56 Å². The van der Waals surface area contributed by atoms with Crippen LogP contribution in [0.2, 0.25) is 0 Å². The Balaban J connectivity index is 2.37. The Kier molecular flexibility index (Phi) is 3.59. The third kappa shape index (κ3) is 2.62. The maximum atomic E-state index is 13.3. The summed E-state index contributed by atoms with van der Waals surface area (Å²) in [5.41, 5.74) is -0.766. The Labute approximate surface area is 105 Å². The SMILES string of the molecule is O=C(Cc1c(F)c(F)nc(F)c1F)c1ccccc1. The van der Waals surface area contributed by atoms with Crippen molar-refractivity contribution in [3.05, 3.63) is 65.0 Å². The van der Waals surface area contributed by atoms with Crippen LogP contribution in [0.5, 0.6) is 0 Å². The number of pyridine rings is 1. The van der Waals surface area contributed by atoms with Gasteiger partial charge in [-0.15, -0.1) is 0 Å². The van der Waals surface area contributed by atoms with Gasteiger partial charge in [0.05, 0.1) is 0 Å². The molecule has 2 rings (SSSR count). The lowest BCUT2D eigenvalue weighted by molar-refractivity contribution is 0.0990. The Morgan fingerprint density at radius 1 is 0.947 bits per heavy atom. The molecule has 0 aliphatic heterocycles. The number of halogens is 4. The van der Waals surface area contributed by atoms with Crippen LogP contribution in [0.25, 0.3) is 0 Å². The monoisotopic (exact) mass is 269 g/mol. The molecule has 1 aromatic heterocycles. The predicted octanol–water partition coefficient (Wildman–Crippen LogP) is 3.06. The molecule has 0 radical (unpaired) electrons. The van der Waals surface area contributed by atoms with E-state index < -0.39 is 41.3 Å². The van der Waals surface area contributed by atoms with Crippen molar-refractivity contribution in [1.82, 2.24) is 4.98 Å². The number of aromatic nitrogens is 1. The fourth-order valence-corrected chi connectivity index (χ4v) is 1.57. The molecule has 2 aromatic rings. The second-order valence-electron chi connectivity index (χ2n) is 3.77. The summed E-state index contributed by atoms with van der Waals surface area (Å²) in [7, 11) is 0. The molecule has 0 saturated carbocycles. The summed E-state index contributed by atoms with van der Waals surface area (Å²) in [6.45, 7) is 0. The van der Waals surface area contributed by atoms with Crippen molar-refractivity contribution >= 4 is 5.78 Å². The van der Waals surface area contributed by atoms with E-state index in [1.165, 1.54) is 12.1 Å². The smallest absolute Gasteiger partial charge is 0.252 e. The molecule has 0 spiro atoms. The highest BCUT2D eigenvalue weighted by molar-refractivity contribution is 5.97. The van der Waals surface area contributed by atoms with E-state index in [0.29, 0.717) is 0 Å². The number of hydrogen-bond acceptors (Lipinski definition) is 2. The lowest BCUT2D eigenvalue weighted by atomic mass is 10.0. The second-order valence-corrected chi connectivity index (χ2v) is 3.77. The minimum absolute atomic E-state index is 0.193. The number of hydrogen-bond donors (Lipinski definition) is 0. The summed E-state index contributed by atoms with van der Waals surface area (Å²) in [6, 6.07) is 7.66. The van der Waals surface area contributed by atoms with Crippen molar-refractivity contribution in [3.63, 3.8) is 0 Å². The fourth-order valence-electron chi connectivity index (χ4n) is 1.57. The second kappa shape index (κ2) is 5.17. The van der Waals surface area contributed by atoms with E-state index in [0.717, 1.165) is 0 Å². The zero-order chi connectivity index (χ0) is 14.0. The molecule has 98 valence electrons. The first kappa shape index (κ1) is 13.2. The largest absolute Gasteiger partial charge is 0.294 e. The van der Waals surface area contributed by atoms with Crippen molar-refractivity contribution in [2.24, 2.45) is 0 Å². The highest BCUT2D eigenvalue weighted by Crippen LogP contribution is 2.18. The molecule has 0 saturated heterocycles. The molecule has 0 atom stereocenters. The first-order valence-electron chi connectivity index (χ1n) is 5.28. The molecule has 0 bridgehead atoms. The number of carbonyl (C=O) groups excluding carboxylic acids is 1. The van der Waals surface area contributed by atoms with Crippen LogP contribution in [0.3, 0.4) is 0 Å². The van der Waals surface area contributed by atoms with E-state index in [2.05, 4.69) is 4.98 Å². The van der Waals surface area contributed by atoms with Gasteiger partial charge in [-0.2, -0.15) is 13.8 Å². The van der Waals surface area contributed by atoms with Crippen LogP contribution in [-0.2, 0) is 6.42 Å². The van der Waals surface area contributed by atoms with Crippen molar-refractivity contribution in [3.8, 4) is 0 Å². The molecule has 6 heteroatoms. The van der Waals surface area contributed by atoms with Crippen LogP contribution < -0.4 is 0 Å². The standard InChI is InChI=1S/C13H7F4NO/c14-10-8(11(15)13(17)18-12(10)16)6-9(19)7-4-2-1-3-5-7/h1-5H,6H2. The van der Waals surface area contributed by atoms with Crippen LogP contribution >= 0.6 is 0 Å². The molecule has 0 unspecified atom stereocenters. The van der Waals surface area contributed by atoms with Crippen LogP contribution in [0.15, 0.2) is 30.3 Å². The Bertz CT molecular complexity index is 602. The average Bonchev–Trinajstić information content (AvgIpc) is 2.42. The van der Waals surface area contributed by atoms with Crippen molar-refractivity contribution in [2.45, 2.75) is 6.42 Å². The van der Waals surface area contributed by atoms with Crippen LogP contribution in [-0.4, -0.2) is 10.8 Å². The van der Waals surface area contributed by atoms with Gasteiger partial charge in [-0.3, -0.25) is 4.79 Å². The molecule has 2 nitrogen and oxygen atoms in total. The highest BCUT2D eigenvalue weighted by atomic mass is 19.2. The zero-order valence-corrected chi connectivity index (χ0v) is 9.46. The van der Waals surface area contributed by atoms with Gasteiger partial charge < -0.3 is 0 Å². The average molecular weight is 269 g/mol. The van der Waals surface area contributed by atoms with Gasteiger partial charge in [-0.25, -0.2) is 8.78 Å². The summed E-state index contributed by atoms with van der Waals surface area (Å²) in [4.78, 5) is 14.2. The maximum Gasteiger partial charge on any atom is 0.252 e. The van der Waals surface area contributed by atoms with Gasteiger partial charge in [0.15, 0.2) is 17.4 Å². The number of carbonyl (C=O) groups is 1. The first-order valence-corrected chi connectivity index (χ1v) is 5.28. The molecular formula is C13H7F4NO. The van der Waals surface area contributed by atoms with Gasteiger partial charge in [0.25, 0.3) is 11.9 Å². The first-order chi connectivity index (χ1) is 9.00. The van der Waals surface area contributed by atoms with Gasteiger partial charge in [0, 0.05) is 17.5 Å². The van der Waals surface area contributed by atoms with Crippen molar-refractivity contribution in [1.29, 1.82) is 0 Å². The summed E-state index contributed by atoms with van der Waals surface area (Å²) in [5, 5.41) is 0. The molecule has 1 aromatic carbocycles. The molecule has 0 N–H and O–H groups in total. The zero-order valence-electron chi connectivity index (χ0n) is 9.46. The normalized spacial score (nSPS) is 10.5. The van der Waals surface area contributed by atoms with Gasteiger partial charge in [0.1, 0.15) is 0 Å². The quantitative estimate of drug-likeness (QED) is 0.487. The van der Waals surface area contributed by atoms with E-state index in [1.807, 2.05) is 0 Å². The Morgan fingerprint density at radius 3 is 2.00 bits per heavy atom. The molecular weight excluding hydrogens is 262 g/mol. The van der Waals surface area contributed by atoms with Crippen LogP contribution in [0.1, 0.15) is 15.9 Å². The fraction of sp³-hybridized carbons (Fsp3) is 0.0769. The number of benzene rings is 1.